The molecule has 0 aromatic carbocycles. The zero-order valence-electron chi connectivity index (χ0n) is 7.79. The lowest BCUT2D eigenvalue weighted by atomic mass is 9.65. The molecule has 0 aliphatic carbocycles. The van der Waals surface area contributed by atoms with Crippen LogP contribution in [-0.4, -0.2) is 43.7 Å². The molecular weight excluding hydrogens is 170 g/mol. The Kier molecular flexibility index (Phi) is 2.32. The van der Waals surface area contributed by atoms with Gasteiger partial charge in [-0.3, -0.25) is 0 Å². The van der Waals surface area contributed by atoms with Gasteiger partial charge in [0.25, 0.3) is 0 Å². The first-order valence-corrected chi connectivity index (χ1v) is 4.80. The van der Waals surface area contributed by atoms with E-state index in [0.717, 1.165) is 12.8 Å². The van der Waals surface area contributed by atoms with Crippen LogP contribution in [0.25, 0.3) is 0 Å². The predicted molar refractivity (Wildman–Crippen MR) is 47.3 cm³/mol. The third-order valence-electron chi connectivity index (χ3n) is 3.51. The van der Waals surface area contributed by atoms with Gasteiger partial charge in [-0.1, -0.05) is 0 Å². The van der Waals surface area contributed by atoms with Crippen LogP contribution in [0.5, 0.6) is 0 Å². The fourth-order valence-corrected chi connectivity index (χ4v) is 2.22. The van der Waals surface area contributed by atoms with Crippen molar-refractivity contribution in [3.8, 4) is 0 Å². The van der Waals surface area contributed by atoms with Crippen LogP contribution in [-0.2, 0) is 9.47 Å². The largest absolute Gasteiger partial charge is 0.384 e. The van der Waals surface area contributed by atoms with E-state index in [1.54, 1.807) is 0 Å². The lowest BCUT2D eigenvalue weighted by molar-refractivity contribution is -0.254. The van der Waals surface area contributed by atoms with Crippen molar-refractivity contribution in [2.75, 3.05) is 33.0 Å². The Balaban J connectivity index is 2.12. The van der Waals surface area contributed by atoms with E-state index < -0.39 is 5.60 Å². The average molecular weight is 187 g/mol. The molecule has 0 saturated carbocycles. The monoisotopic (exact) mass is 187 g/mol. The first-order chi connectivity index (χ1) is 6.22. The molecule has 0 bridgehead atoms. The first kappa shape index (κ1) is 9.40. The second-order valence-electron chi connectivity index (χ2n) is 4.12. The number of nitrogens with two attached hydrogens (primary N) is 1. The predicted octanol–water partition coefficient (Wildman–Crippen LogP) is -0.497. The van der Waals surface area contributed by atoms with Crippen LogP contribution in [0.2, 0.25) is 0 Å². The smallest absolute Gasteiger partial charge is 0.118 e. The van der Waals surface area contributed by atoms with Crippen LogP contribution < -0.4 is 5.73 Å². The maximum absolute atomic E-state index is 10.2. The summed E-state index contributed by atoms with van der Waals surface area (Å²) in [7, 11) is 0. The third-order valence-corrected chi connectivity index (χ3v) is 3.51. The summed E-state index contributed by atoms with van der Waals surface area (Å²) in [5.41, 5.74) is 4.91. The van der Waals surface area contributed by atoms with Crippen LogP contribution in [0.3, 0.4) is 0 Å². The van der Waals surface area contributed by atoms with Gasteiger partial charge < -0.3 is 20.3 Å². The van der Waals surface area contributed by atoms with Crippen molar-refractivity contribution >= 4 is 0 Å². The molecule has 0 amide bonds. The van der Waals surface area contributed by atoms with E-state index in [9.17, 15) is 5.11 Å². The summed E-state index contributed by atoms with van der Waals surface area (Å²) in [6, 6.07) is 0. The van der Waals surface area contributed by atoms with Gasteiger partial charge in [-0.05, 0) is 12.8 Å². The summed E-state index contributed by atoms with van der Waals surface area (Å²) in [5, 5.41) is 10.2. The molecule has 0 radical (unpaired) electrons. The van der Waals surface area contributed by atoms with Crippen LogP contribution in [0.4, 0.5) is 0 Å². The molecule has 0 unspecified atom stereocenters. The van der Waals surface area contributed by atoms with Crippen molar-refractivity contribution in [2.45, 2.75) is 18.4 Å². The van der Waals surface area contributed by atoms with Gasteiger partial charge in [0.15, 0.2) is 0 Å². The van der Waals surface area contributed by atoms with Crippen molar-refractivity contribution in [3.05, 3.63) is 0 Å². The van der Waals surface area contributed by atoms with Crippen LogP contribution in [0.1, 0.15) is 12.8 Å². The molecule has 4 nitrogen and oxygen atoms in total. The van der Waals surface area contributed by atoms with E-state index in [4.69, 9.17) is 15.2 Å². The highest BCUT2D eigenvalue weighted by Crippen LogP contribution is 2.44. The maximum atomic E-state index is 10.2. The zero-order valence-corrected chi connectivity index (χ0v) is 7.79. The molecule has 3 N–H and O–H groups in total. The van der Waals surface area contributed by atoms with Gasteiger partial charge in [0.1, 0.15) is 5.60 Å². The average Bonchev–Trinajstić information content (AvgIpc) is 2.15. The van der Waals surface area contributed by atoms with Gasteiger partial charge in [0.05, 0.1) is 13.2 Å². The van der Waals surface area contributed by atoms with Gasteiger partial charge >= 0.3 is 0 Å². The second kappa shape index (κ2) is 3.20. The van der Waals surface area contributed by atoms with Crippen molar-refractivity contribution in [1.82, 2.24) is 0 Å². The van der Waals surface area contributed by atoms with Crippen LogP contribution in [0.15, 0.2) is 0 Å². The van der Waals surface area contributed by atoms with Gasteiger partial charge in [-0.15, -0.1) is 0 Å². The second-order valence-corrected chi connectivity index (χ2v) is 4.12. The number of ether oxygens (including phenoxy) is 2. The third kappa shape index (κ3) is 1.29. The lowest BCUT2D eigenvalue weighted by Crippen LogP contribution is -2.65. The van der Waals surface area contributed by atoms with E-state index >= 15 is 0 Å². The minimum Gasteiger partial charge on any atom is -0.384 e. The number of hydrogen-bond acceptors (Lipinski definition) is 4. The number of rotatable bonds is 2. The van der Waals surface area contributed by atoms with E-state index in [-0.39, 0.29) is 5.41 Å². The number of hydrogen-bond donors (Lipinski definition) is 2. The van der Waals surface area contributed by atoms with Crippen molar-refractivity contribution in [3.63, 3.8) is 0 Å². The van der Waals surface area contributed by atoms with Crippen molar-refractivity contribution in [1.29, 1.82) is 0 Å². The summed E-state index contributed by atoms with van der Waals surface area (Å²) in [5.74, 6) is 0. The minimum absolute atomic E-state index is 0.163. The summed E-state index contributed by atoms with van der Waals surface area (Å²) >= 11 is 0. The van der Waals surface area contributed by atoms with Gasteiger partial charge in [-0.25, -0.2) is 0 Å². The molecule has 76 valence electrons. The van der Waals surface area contributed by atoms with E-state index in [1.807, 2.05) is 0 Å². The molecule has 2 aliphatic rings. The van der Waals surface area contributed by atoms with E-state index in [0.29, 0.717) is 33.0 Å². The molecule has 0 spiro atoms. The molecule has 13 heavy (non-hydrogen) atoms. The molecular formula is C9H17NO3. The Labute approximate surface area is 78.0 Å². The Morgan fingerprint density at radius 2 is 1.77 bits per heavy atom. The van der Waals surface area contributed by atoms with Crippen molar-refractivity contribution < 1.29 is 14.6 Å². The summed E-state index contributed by atoms with van der Waals surface area (Å²) in [6.07, 6.45) is 1.70. The fourth-order valence-electron chi connectivity index (χ4n) is 2.22. The summed E-state index contributed by atoms with van der Waals surface area (Å²) in [6.45, 7) is 2.81. The first-order valence-electron chi connectivity index (χ1n) is 4.80. The number of aliphatic hydroxyl groups is 1. The quantitative estimate of drug-likeness (QED) is 0.612. The molecule has 2 fully saturated rings. The maximum Gasteiger partial charge on any atom is 0.118 e. The molecule has 0 atom stereocenters. The minimum atomic E-state index is -0.689. The normalized spacial score (nSPS) is 30.9. The van der Waals surface area contributed by atoms with E-state index in [2.05, 4.69) is 0 Å². The highest BCUT2D eigenvalue weighted by Gasteiger charge is 2.54. The topological polar surface area (TPSA) is 64.7 Å². The molecule has 2 heterocycles. The highest BCUT2D eigenvalue weighted by atomic mass is 16.5. The Bertz CT molecular complexity index is 185. The molecule has 2 saturated heterocycles. The Morgan fingerprint density at radius 1 is 1.15 bits per heavy atom. The van der Waals surface area contributed by atoms with Crippen LogP contribution in [0, 0.1) is 5.41 Å². The highest BCUT2D eigenvalue weighted by molar-refractivity contribution is 5.04. The fraction of sp³-hybridized carbons (Fsp3) is 1.00. The molecule has 0 aromatic rings. The van der Waals surface area contributed by atoms with Crippen molar-refractivity contribution in [2.24, 2.45) is 11.1 Å². The molecule has 0 aromatic heterocycles. The lowest BCUT2D eigenvalue weighted by Gasteiger charge is -2.53. The van der Waals surface area contributed by atoms with Gasteiger partial charge in [0.2, 0.25) is 0 Å². The van der Waals surface area contributed by atoms with Crippen LogP contribution >= 0.6 is 0 Å². The molecule has 2 aliphatic heterocycles. The molecule has 2 rings (SSSR count). The zero-order chi connectivity index (χ0) is 9.36. The Hall–Kier alpha value is -0.160. The molecule has 4 heteroatoms. The Morgan fingerprint density at radius 3 is 2.15 bits per heavy atom. The summed E-state index contributed by atoms with van der Waals surface area (Å²) < 4.78 is 10.4. The SMILES string of the molecule is NCC1(C2(O)COC2)CCOCC1. The van der Waals surface area contributed by atoms with Gasteiger partial charge in [0, 0.05) is 25.2 Å². The van der Waals surface area contributed by atoms with E-state index in [1.165, 1.54) is 0 Å². The summed E-state index contributed by atoms with van der Waals surface area (Å²) in [4.78, 5) is 0. The van der Waals surface area contributed by atoms with Gasteiger partial charge in [-0.2, -0.15) is 0 Å². The standard InChI is InChI=1S/C9H17NO3/c10-5-8(1-3-12-4-2-8)9(11)6-13-7-9/h11H,1-7,10H2.